The number of amides is 3. The molecule has 0 aliphatic carbocycles. The first-order valence-corrected chi connectivity index (χ1v) is 12.0. The van der Waals surface area contributed by atoms with Crippen LogP contribution in [0.25, 0.3) is 10.9 Å². The number of carboxylic acids is 1. The van der Waals surface area contributed by atoms with Crippen LogP contribution in [-0.2, 0) is 32.0 Å². The Morgan fingerprint density at radius 3 is 2.30 bits per heavy atom. The van der Waals surface area contributed by atoms with Crippen molar-refractivity contribution in [3.63, 3.8) is 0 Å². The molecule has 0 fully saturated rings. The maximum Gasteiger partial charge on any atom is 0.327 e. The van der Waals surface area contributed by atoms with E-state index in [1.54, 1.807) is 6.20 Å². The lowest BCUT2D eigenvalue weighted by Crippen LogP contribution is -2.58. The van der Waals surface area contributed by atoms with E-state index in [2.05, 4.69) is 43.5 Å². The zero-order valence-electron chi connectivity index (χ0n) is 19.7. The molecule has 198 valence electrons. The van der Waals surface area contributed by atoms with Crippen molar-refractivity contribution in [2.75, 3.05) is 12.4 Å². The van der Waals surface area contributed by atoms with Crippen LogP contribution in [0.1, 0.15) is 11.3 Å². The Labute approximate surface area is 217 Å². The predicted octanol–water partition coefficient (Wildman–Crippen LogP) is -1.54. The monoisotopic (exact) mass is 531 g/mol. The lowest BCUT2D eigenvalue weighted by atomic mass is 10.0. The average Bonchev–Trinajstić information content (AvgIpc) is 3.55. The highest BCUT2D eigenvalue weighted by molar-refractivity contribution is 7.80. The third-order valence-corrected chi connectivity index (χ3v) is 6.04. The highest BCUT2D eigenvalue weighted by Gasteiger charge is 2.30. The molecule has 9 N–H and O–H groups in total. The van der Waals surface area contributed by atoms with E-state index >= 15 is 0 Å². The van der Waals surface area contributed by atoms with Crippen molar-refractivity contribution in [1.29, 1.82) is 0 Å². The first-order valence-electron chi connectivity index (χ1n) is 11.4. The van der Waals surface area contributed by atoms with Gasteiger partial charge < -0.3 is 41.9 Å². The fourth-order valence-electron chi connectivity index (χ4n) is 3.66. The number of hydrogen-bond acceptors (Lipinski definition) is 8. The second-order valence-electron chi connectivity index (χ2n) is 8.34. The Morgan fingerprint density at radius 2 is 1.65 bits per heavy atom. The minimum absolute atomic E-state index is 0.0529. The van der Waals surface area contributed by atoms with Gasteiger partial charge in [0.1, 0.15) is 18.1 Å². The Bertz CT molecular complexity index is 1230. The van der Waals surface area contributed by atoms with Crippen molar-refractivity contribution < 1.29 is 29.4 Å². The molecule has 3 rings (SSSR count). The molecule has 3 aromatic rings. The third kappa shape index (κ3) is 7.31. The maximum absolute atomic E-state index is 12.9. The Balaban J connectivity index is 1.65. The van der Waals surface area contributed by atoms with Gasteiger partial charge in [-0.3, -0.25) is 14.4 Å². The number of thiol groups is 1. The number of H-pyrrole nitrogens is 2. The van der Waals surface area contributed by atoms with E-state index in [0.29, 0.717) is 5.69 Å². The molecule has 13 nitrogen and oxygen atoms in total. The summed E-state index contributed by atoms with van der Waals surface area (Å²) >= 11 is 3.92. The van der Waals surface area contributed by atoms with E-state index in [0.717, 1.165) is 16.5 Å². The van der Waals surface area contributed by atoms with E-state index in [1.165, 1.54) is 12.5 Å². The summed E-state index contributed by atoms with van der Waals surface area (Å²) in [6, 6.07) is 2.58. The summed E-state index contributed by atoms with van der Waals surface area (Å²) in [5, 5.41) is 27.0. The molecule has 0 saturated heterocycles. The first-order chi connectivity index (χ1) is 17.7. The molecule has 0 aliphatic heterocycles. The third-order valence-electron chi connectivity index (χ3n) is 5.68. The quantitative estimate of drug-likeness (QED) is 0.118. The summed E-state index contributed by atoms with van der Waals surface area (Å²) in [5.74, 6) is -3.78. The number of para-hydroxylation sites is 1. The molecule has 4 unspecified atom stereocenters. The van der Waals surface area contributed by atoms with Crippen LogP contribution >= 0.6 is 12.6 Å². The van der Waals surface area contributed by atoms with Crippen molar-refractivity contribution in [2.45, 2.75) is 37.0 Å². The van der Waals surface area contributed by atoms with Crippen molar-refractivity contribution in [2.24, 2.45) is 5.73 Å². The van der Waals surface area contributed by atoms with Crippen molar-refractivity contribution in [3.05, 3.63) is 54.2 Å². The molecule has 0 saturated carbocycles. The number of aromatic nitrogens is 3. The number of carbonyl (C=O) groups is 4. The fraction of sp³-hybridized carbons (Fsp3) is 0.348. The maximum atomic E-state index is 12.9. The highest BCUT2D eigenvalue weighted by Crippen LogP contribution is 2.18. The van der Waals surface area contributed by atoms with Gasteiger partial charge in [0.15, 0.2) is 0 Å². The Morgan fingerprint density at radius 1 is 0.973 bits per heavy atom. The number of aliphatic carboxylic acids is 1. The summed E-state index contributed by atoms with van der Waals surface area (Å²) in [5.41, 5.74) is 8.26. The number of imidazole rings is 1. The molecule has 1 aromatic carbocycles. The van der Waals surface area contributed by atoms with Crippen LogP contribution < -0.4 is 21.7 Å². The van der Waals surface area contributed by atoms with Crippen molar-refractivity contribution in [1.82, 2.24) is 30.9 Å². The molecular formula is C23H29N7O6S. The van der Waals surface area contributed by atoms with E-state index in [1.807, 2.05) is 24.3 Å². The first kappa shape index (κ1) is 27.7. The second kappa shape index (κ2) is 12.9. The molecule has 4 atom stereocenters. The number of fused-ring (bicyclic) bond motifs is 1. The van der Waals surface area contributed by atoms with Gasteiger partial charge in [-0.1, -0.05) is 18.2 Å². The summed E-state index contributed by atoms with van der Waals surface area (Å²) in [7, 11) is 0. The zero-order valence-corrected chi connectivity index (χ0v) is 20.6. The number of aliphatic hydroxyl groups excluding tert-OH is 1. The molecule has 2 aromatic heterocycles. The summed E-state index contributed by atoms with van der Waals surface area (Å²) in [6.07, 6.45) is 4.70. The SMILES string of the molecule is NC(Cc1c[nH]c2ccccc12)C(=O)NC(CO)C(=O)NC(Cc1cnc[nH]1)C(=O)NC(CS)C(=O)O. The number of nitrogens with one attached hydrogen (secondary N) is 5. The van der Waals surface area contributed by atoms with Crippen LogP contribution in [0.15, 0.2) is 43.0 Å². The van der Waals surface area contributed by atoms with Gasteiger partial charge in [0.2, 0.25) is 17.7 Å². The smallest absolute Gasteiger partial charge is 0.327 e. The summed E-state index contributed by atoms with van der Waals surface area (Å²) in [4.78, 5) is 59.4. The number of nitrogens with zero attached hydrogens (tertiary/aromatic N) is 1. The number of hydrogen-bond donors (Lipinski definition) is 9. The topological polar surface area (TPSA) is 215 Å². The van der Waals surface area contributed by atoms with Crippen LogP contribution in [0.2, 0.25) is 0 Å². The van der Waals surface area contributed by atoms with E-state index in [9.17, 15) is 29.4 Å². The van der Waals surface area contributed by atoms with Gasteiger partial charge in [-0.25, -0.2) is 9.78 Å². The van der Waals surface area contributed by atoms with Gasteiger partial charge in [0.25, 0.3) is 0 Å². The summed E-state index contributed by atoms with van der Waals surface area (Å²) in [6.45, 7) is -0.760. The molecule has 0 radical (unpaired) electrons. The normalized spacial score (nSPS) is 14.4. The number of carboxylic acid groups (broad SMARTS) is 1. The van der Waals surface area contributed by atoms with E-state index in [-0.39, 0.29) is 18.6 Å². The van der Waals surface area contributed by atoms with Gasteiger partial charge in [-0.15, -0.1) is 0 Å². The molecule has 0 bridgehead atoms. The average molecular weight is 532 g/mol. The predicted molar refractivity (Wildman–Crippen MR) is 137 cm³/mol. The number of nitrogens with two attached hydrogens (primary N) is 1. The Kier molecular flexibility index (Phi) is 9.65. The van der Waals surface area contributed by atoms with Crippen LogP contribution in [0.5, 0.6) is 0 Å². The van der Waals surface area contributed by atoms with Crippen molar-refractivity contribution >= 4 is 47.2 Å². The van der Waals surface area contributed by atoms with E-state index < -0.39 is 54.5 Å². The molecule has 2 heterocycles. The zero-order chi connectivity index (χ0) is 26.9. The van der Waals surface area contributed by atoms with Gasteiger partial charge in [0.05, 0.1) is 19.0 Å². The number of aromatic amines is 2. The van der Waals surface area contributed by atoms with Gasteiger partial charge >= 0.3 is 5.97 Å². The minimum Gasteiger partial charge on any atom is -0.480 e. The number of carbonyl (C=O) groups excluding carboxylic acids is 3. The second-order valence-corrected chi connectivity index (χ2v) is 8.70. The van der Waals surface area contributed by atoms with Crippen LogP contribution in [0.4, 0.5) is 0 Å². The Hall–Kier alpha value is -3.88. The summed E-state index contributed by atoms with van der Waals surface area (Å²) < 4.78 is 0. The molecule has 37 heavy (non-hydrogen) atoms. The molecule has 3 amide bonds. The molecule has 0 aliphatic rings. The van der Waals surface area contributed by atoms with Gasteiger partial charge in [0, 0.05) is 41.2 Å². The molecule has 14 heteroatoms. The van der Waals surface area contributed by atoms with E-state index in [4.69, 9.17) is 5.73 Å². The van der Waals surface area contributed by atoms with Crippen molar-refractivity contribution in [3.8, 4) is 0 Å². The minimum atomic E-state index is -1.40. The number of aliphatic hydroxyl groups is 1. The fourth-order valence-corrected chi connectivity index (χ4v) is 3.91. The lowest BCUT2D eigenvalue weighted by molar-refractivity contribution is -0.141. The number of rotatable bonds is 13. The van der Waals surface area contributed by atoms with Crippen LogP contribution in [0.3, 0.4) is 0 Å². The van der Waals surface area contributed by atoms with Crippen LogP contribution in [-0.4, -0.2) is 85.4 Å². The van der Waals surface area contributed by atoms with Crippen LogP contribution in [0, 0.1) is 0 Å². The highest BCUT2D eigenvalue weighted by atomic mass is 32.1. The molecule has 0 spiro atoms. The lowest BCUT2D eigenvalue weighted by Gasteiger charge is -2.24. The molecular weight excluding hydrogens is 502 g/mol. The standard InChI is InChI=1S/C23H29N7O6S/c24-15(5-12-7-26-16-4-2-1-3-14(12)16)20(32)29-18(9-31)22(34)28-17(6-13-8-25-11-27-13)21(33)30-19(10-37)23(35)36/h1-4,7-8,11,15,17-19,26,31,37H,5-6,9-10,24H2,(H,25,27)(H,28,34)(H,29,32)(H,30,33)(H,35,36). The number of benzene rings is 1. The van der Waals surface area contributed by atoms with Gasteiger partial charge in [-0.05, 0) is 18.1 Å². The van der Waals surface area contributed by atoms with Gasteiger partial charge in [-0.2, -0.15) is 12.6 Å². The largest absolute Gasteiger partial charge is 0.480 e.